The van der Waals surface area contributed by atoms with Gasteiger partial charge in [-0.2, -0.15) is 21.6 Å². The van der Waals surface area contributed by atoms with E-state index in [1.165, 1.54) is 0 Å². The third-order valence-electron chi connectivity index (χ3n) is 4.47. The molecule has 2 heterocycles. The van der Waals surface area contributed by atoms with E-state index in [0.29, 0.717) is 0 Å². The Kier molecular flexibility index (Phi) is 8.69. The fourth-order valence-electron chi connectivity index (χ4n) is 3.02. The van der Waals surface area contributed by atoms with Crippen LogP contribution in [0.2, 0.25) is 0 Å². The average molecular weight is 497 g/mol. The van der Waals surface area contributed by atoms with Crippen molar-refractivity contribution in [1.29, 1.82) is 0 Å². The number of esters is 1. The lowest BCUT2D eigenvalue weighted by Crippen LogP contribution is -2.63. The second kappa shape index (κ2) is 10.3. The molecule has 16 nitrogen and oxygen atoms in total. The van der Waals surface area contributed by atoms with Crippen LogP contribution in [0.25, 0.3) is 0 Å². The summed E-state index contributed by atoms with van der Waals surface area (Å²) in [5.41, 5.74) is 0. The molecule has 2 aliphatic rings. The number of ether oxygens (including phenoxy) is 4. The van der Waals surface area contributed by atoms with E-state index in [2.05, 4.69) is 8.92 Å². The summed E-state index contributed by atoms with van der Waals surface area (Å²) in [5, 5.41) is 30.6. The Morgan fingerprint density at radius 3 is 2.32 bits per heavy atom. The summed E-state index contributed by atoms with van der Waals surface area (Å²) < 4.78 is 87.7. The van der Waals surface area contributed by atoms with Gasteiger partial charge in [0, 0.05) is 6.42 Å². The van der Waals surface area contributed by atoms with Gasteiger partial charge in [0.2, 0.25) is 0 Å². The number of methoxy groups -OCH3 is 1. The first-order valence-electron chi connectivity index (χ1n) is 8.63. The first-order valence-corrected chi connectivity index (χ1v) is 11.4. The molecule has 182 valence electrons. The molecular weight excluding hydrogens is 474 g/mol. The molecule has 8 unspecified atom stereocenters. The Morgan fingerprint density at radius 1 is 1.13 bits per heavy atom. The summed E-state index contributed by atoms with van der Waals surface area (Å²) >= 11 is 0. The monoisotopic (exact) mass is 497 g/mol. The Balaban J connectivity index is 2.24. The van der Waals surface area contributed by atoms with Gasteiger partial charge in [-0.05, 0) is 0 Å². The molecule has 0 aliphatic carbocycles. The summed E-state index contributed by atoms with van der Waals surface area (Å²) in [4.78, 5) is 11.7. The fraction of sp³-hybridized carbons (Fsp3) is 0.923. The zero-order valence-electron chi connectivity index (χ0n) is 15.9. The van der Waals surface area contributed by atoms with Crippen LogP contribution in [0.3, 0.4) is 0 Å². The number of carbonyl (C=O) groups excluding carboxylic acids is 1. The van der Waals surface area contributed by atoms with Gasteiger partial charge in [-0.3, -0.25) is 9.11 Å². The highest BCUT2D eigenvalue weighted by Gasteiger charge is 2.48. The van der Waals surface area contributed by atoms with E-state index in [9.17, 15) is 36.9 Å². The number of rotatable bonds is 8. The number of hydrogen-bond donors (Lipinski definition) is 6. The Hall–Kier alpha value is -1.03. The van der Waals surface area contributed by atoms with Crippen molar-refractivity contribution < 1.29 is 69.2 Å². The highest BCUT2D eigenvalue weighted by Crippen LogP contribution is 2.28. The summed E-state index contributed by atoms with van der Waals surface area (Å²) in [6.45, 7) is -1.49. The Morgan fingerprint density at radius 2 is 1.77 bits per heavy atom. The lowest BCUT2D eigenvalue weighted by Gasteiger charge is -2.43. The van der Waals surface area contributed by atoms with Crippen LogP contribution in [0, 0.1) is 0 Å². The predicted octanol–water partition coefficient (Wildman–Crippen LogP) is -4.28. The van der Waals surface area contributed by atoms with Crippen molar-refractivity contribution in [2.24, 2.45) is 0 Å². The lowest BCUT2D eigenvalue weighted by molar-refractivity contribution is -0.308. The second-order valence-electron chi connectivity index (χ2n) is 6.68. The molecule has 0 radical (unpaired) electrons. The van der Waals surface area contributed by atoms with Crippen molar-refractivity contribution in [2.75, 3.05) is 20.3 Å². The average Bonchev–Trinajstić information content (AvgIpc) is 2.65. The molecule has 2 fully saturated rings. The maximum Gasteiger partial charge on any atom is 0.397 e. The largest absolute Gasteiger partial charge is 0.467 e. The number of aliphatic hydroxyl groups is 3. The normalized spacial score (nSPS) is 37.4. The van der Waals surface area contributed by atoms with Gasteiger partial charge in [-0.15, -0.1) is 0 Å². The van der Waals surface area contributed by atoms with Gasteiger partial charge in [-0.1, -0.05) is 0 Å². The van der Waals surface area contributed by atoms with Crippen LogP contribution in [0.1, 0.15) is 6.42 Å². The van der Waals surface area contributed by atoms with E-state index in [1.807, 2.05) is 0 Å². The molecule has 0 saturated carbocycles. The van der Waals surface area contributed by atoms with E-state index in [0.717, 1.165) is 7.11 Å². The smallest absolute Gasteiger partial charge is 0.397 e. The second-order valence-corrected chi connectivity index (χ2v) is 8.96. The molecule has 8 atom stereocenters. The van der Waals surface area contributed by atoms with Crippen molar-refractivity contribution in [3.8, 4) is 0 Å². The minimum absolute atomic E-state index is 0.348. The fourth-order valence-corrected chi connectivity index (χ4v) is 3.91. The molecule has 2 aliphatic heterocycles. The van der Waals surface area contributed by atoms with E-state index in [1.54, 1.807) is 4.72 Å². The van der Waals surface area contributed by atoms with Crippen molar-refractivity contribution in [2.45, 2.75) is 55.4 Å². The molecule has 18 heteroatoms. The molecule has 2 saturated heterocycles. The quantitative estimate of drug-likeness (QED) is 0.137. The minimum Gasteiger partial charge on any atom is -0.467 e. The van der Waals surface area contributed by atoms with Crippen molar-refractivity contribution >= 4 is 26.7 Å². The molecule has 31 heavy (non-hydrogen) atoms. The van der Waals surface area contributed by atoms with E-state index in [4.69, 9.17) is 23.3 Å². The summed E-state index contributed by atoms with van der Waals surface area (Å²) in [7, 11) is -8.69. The third-order valence-corrected chi connectivity index (χ3v) is 5.50. The van der Waals surface area contributed by atoms with Crippen LogP contribution in [-0.2, 0) is 48.6 Å². The van der Waals surface area contributed by atoms with Crippen LogP contribution in [0.15, 0.2) is 0 Å². The van der Waals surface area contributed by atoms with Gasteiger partial charge in [0.05, 0.1) is 32.5 Å². The van der Waals surface area contributed by atoms with Gasteiger partial charge in [0.25, 0.3) is 0 Å². The molecular formula is C13H23NO15S2. The molecule has 0 amide bonds. The number of nitrogens with one attached hydrogen (secondary N) is 1. The van der Waals surface area contributed by atoms with Crippen molar-refractivity contribution in [1.82, 2.24) is 4.72 Å². The maximum atomic E-state index is 11.7. The van der Waals surface area contributed by atoms with Gasteiger partial charge in [0.1, 0.15) is 24.4 Å². The first kappa shape index (κ1) is 26.2. The molecule has 0 aromatic rings. The standard InChI is InChI=1S/C13H23NO15S2/c1-25-12(18)7-2-6(15)10(17)13(28-7)29-11-8(4-27-31(22,23)24)26-3-5(9(11)16)14-30(19,20)21/h5-11,13-17H,2-4H2,1H3,(H,19,20,21)(H,22,23,24). The molecule has 0 aromatic carbocycles. The highest BCUT2D eigenvalue weighted by atomic mass is 32.3. The lowest BCUT2D eigenvalue weighted by atomic mass is 9.98. The van der Waals surface area contributed by atoms with Crippen molar-refractivity contribution in [3.05, 3.63) is 0 Å². The zero-order chi connectivity index (χ0) is 23.6. The summed E-state index contributed by atoms with van der Waals surface area (Å²) in [5.74, 6) is -0.905. The number of aliphatic hydroxyl groups excluding tert-OH is 3. The van der Waals surface area contributed by atoms with Crippen LogP contribution in [0.5, 0.6) is 0 Å². The Bertz CT molecular complexity index is 830. The Labute approximate surface area is 176 Å². The minimum atomic E-state index is -4.93. The van der Waals surface area contributed by atoms with Gasteiger partial charge < -0.3 is 34.3 Å². The zero-order valence-corrected chi connectivity index (χ0v) is 17.5. The topological polar surface area (TPSA) is 245 Å². The van der Waals surface area contributed by atoms with Crippen LogP contribution in [0.4, 0.5) is 0 Å². The van der Waals surface area contributed by atoms with E-state index < -0.39 is 88.8 Å². The third kappa shape index (κ3) is 7.51. The van der Waals surface area contributed by atoms with Crippen LogP contribution >= 0.6 is 0 Å². The highest BCUT2D eigenvalue weighted by molar-refractivity contribution is 7.83. The molecule has 0 bridgehead atoms. The molecule has 6 N–H and O–H groups in total. The van der Waals surface area contributed by atoms with Crippen molar-refractivity contribution in [3.63, 3.8) is 0 Å². The molecule has 0 aromatic heterocycles. The van der Waals surface area contributed by atoms with E-state index >= 15 is 0 Å². The van der Waals surface area contributed by atoms with E-state index in [-0.39, 0.29) is 6.42 Å². The first-order chi connectivity index (χ1) is 14.2. The van der Waals surface area contributed by atoms with Crippen LogP contribution in [-0.4, -0.2) is 117 Å². The SMILES string of the molecule is COC(=O)C1CC(O)C(O)C(OC2C(COS(=O)(=O)O)OCC(NS(=O)(=O)O)C2O)O1. The molecule has 2 rings (SSSR count). The number of hydrogen-bond acceptors (Lipinski definition) is 13. The van der Waals surface area contributed by atoms with Gasteiger partial charge >= 0.3 is 26.7 Å². The summed E-state index contributed by atoms with van der Waals surface area (Å²) in [6, 6.07) is -1.50. The maximum absolute atomic E-state index is 11.7. The predicted molar refractivity (Wildman–Crippen MR) is 93.9 cm³/mol. The van der Waals surface area contributed by atoms with Crippen LogP contribution < -0.4 is 4.72 Å². The summed E-state index contributed by atoms with van der Waals surface area (Å²) in [6.07, 6.45) is -11.8. The van der Waals surface area contributed by atoms with Gasteiger partial charge in [0.15, 0.2) is 12.4 Å². The van der Waals surface area contributed by atoms with Gasteiger partial charge in [-0.25, -0.2) is 8.98 Å². The molecule has 0 spiro atoms. The number of carbonyl (C=O) groups is 1.